The van der Waals surface area contributed by atoms with Crippen LogP contribution >= 0.6 is 0 Å². The first-order valence-corrected chi connectivity index (χ1v) is 3.74. The lowest BCUT2D eigenvalue weighted by molar-refractivity contribution is 0.0692. The lowest BCUT2D eigenvalue weighted by atomic mass is 10.2. The summed E-state index contributed by atoms with van der Waals surface area (Å²) < 4.78 is 17.6. The lowest BCUT2D eigenvalue weighted by Gasteiger charge is -2.05. The van der Waals surface area contributed by atoms with Gasteiger partial charge in [-0.2, -0.15) is 0 Å². The molecule has 0 aromatic heterocycles. The molecule has 0 saturated carbocycles. The van der Waals surface area contributed by atoms with Gasteiger partial charge in [0.15, 0.2) is 0 Å². The fourth-order valence-electron chi connectivity index (χ4n) is 0.915. The van der Waals surface area contributed by atoms with Gasteiger partial charge in [-0.1, -0.05) is 5.92 Å². The Balaban J connectivity index is 3.03. The second-order valence-corrected chi connectivity index (χ2v) is 2.44. The van der Waals surface area contributed by atoms with Gasteiger partial charge in [0, 0.05) is 0 Å². The van der Waals surface area contributed by atoms with E-state index >= 15 is 0 Å². The number of benzene rings is 1. The molecule has 0 unspecified atom stereocenters. The number of carbonyl (C=O) groups is 1. The first-order chi connectivity index (χ1) is 6.65. The molecule has 0 aliphatic carbocycles. The van der Waals surface area contributed by atoms with Crippen molar-refractivity contribution in [3.63, 3.8) is 0 Å². The zero-order valence-corrected chi connectivity index (χ0v) is 7.16. The van der Waals surface area contributed by atoms with Gasteiger partial charge in [-0.05, 0) is 18.2 Å². The molecule has 0 saturated heterocycles. The molecule has 1 aromatic carbocycles. The average molecular weight is 194 g/mol. The summed E-state index contributed by atoms with van der Waals surface area (Å²) in [5.41, 5.74) is -0.236. The monoisotopic (exact) mass is 194 g/mol. The molecule has 0 atom stereocenters. The van der Waals surface area contributed by atoms with Crippen molar-refractivity contribution >= 4 is 5.97 Å². The Hall–Kier alpha value is -2.02. The molecule has 3 nitrogen and oxygen atoms in total. The van der Waals surface area contributed by atoms with Crippen LogP contribution < -0.4 is 4.74 Å². The number of hydrogen-bond acceptors (Lipinski definition) is 2. The van der Waals surface area contributed by atoms with E-state index < -0.39 is 11.8 Å². The molecule has 0 aliphatic rings. The third-order valence-electron chi connectivity index (χ3n) is 1.48. The summed E-state index contributed by atoms with van der Waals surface area (Å²) >= 11 is 0. The summed E-state index contributed by atoms with van der Waals surface area (Å²) in [6.45, 7) is -0.0497. The molecule has 0 radical (unpaired) electrons. The van der Waals surface area contributed by atoms with Crippen LogP contribution in [0.15, 0.2) is 18.2 Å². The molecule has 4 heteroatoms. The van der Waals surface area contributed by atoms with Gasteiger partial charge < -0.3 is 9.84 Å². The number of aromatic carboxylic acids is 1. The normalized spacial score (nSPS) is 9.14. The second kappa shape index (κ2) is 4.28. The molecule has 0 heterocycles. The predicted octanol–water partition coefficient (Wildman–Crippen LogP) is 1.54. The molecule has 1 aromatic rings. The standard InChI is InChI=1S/C10H7FO3/c1-2-5-14-9-4-3-7(11)6-8(9)10(12)13/h1,3-4,6H,5H2,(H,12,13). The minimum Gasteiger partial charge on any atom is -0.480 e. The molecule has 0 fully saturated rings. The van der Waals surface area contributed by atoms with Gasteiger partial charge in [0.05, 0.1) is 0 Å². The van der Waals surface area contributed by atoms with Crippen LogP contribution in [0.3, 0.4) is 0 Å². The van der Waals surface area contributed by atoms with E-state index in [9.17, 15) is 9.18 Å². The molecule has 14 heavy (non-hydrogen) atoms. The van der Waals surface area contributed by atoms with Gasteiger partial charge >= 0.3 is 5.97 Å². The van der Waals surface area contributed by atoms with E-state index in [4.69, 9.17) is 16.3 Å². The van der Waals surface area contributed by atoms with Crippen LogP contribution in [-0.2, 0) is 0 Å². The van der Waals surface area contributed by atoms with E-state index in [1.807, 2.05) is 0 Å². The van der Waals surface area contributed by atoms with Gasteiger partial charge in [-0.25, -0.2) is 9.18 Å². The van der Waals surface area contributed by atoms with E-state index in [1.165, 1.54) is 6.07 Å². The highest BCUT2D eigenvalue weighted by Gasteiger charge is 2.11. The Bertz CT molecular complexity index is 393. The zero-order valence-electron chi connectivity index (χ0n) is 7.16. The number of hydrogen-bond donors (Lipinski definition) is 1. The van der Waals surface area contributed by atoms with Gasteiger partial charge in [0.1, 0.15) is 23.7 Å². The summed E-state index contributed by atoms with van der Waals surface area (Å²) in [5.74, 6) is 0.372. The molecule has 0 amide bonds. The number of terminal acetylenes is 1. The van der Waals surface area contributed by atoms with Crippen molar-refractivity contribution in [3.8, 4) is 18.1 Å². The number of ether oxygens (including phenoxy) is 1. The van der Waals surface area contributed by atoms with Gasteiger partial charge in [-0.3, -0.25) is 0 Å². The van der Waals surface area contributed by atoms with Crippen molar-refractivity contribution in [2.24, 2.45) is 0 Å². The van der Waals surface area contributed by atoms with Crippen LogP contribution in [0, 0.1) is 18.2 Å². The maximum atomic E-state index is 12.7. The number of carboxylic acid groups (broad SMARTS) is 1. The van der Waals surface area contributed by atoms with E-state index in [2.05, 4.69) is 5.92 Å². The Morgan fingerprint density at radius 2 is 2.36 bits per heavy atom. The fraction of sp³-hybridized carbons (Fsp3) is 0.100. The first kappa shape index (κ1) is 10.1. The van der Waals surface area contributed by atoms with E-state index in [0.29, 0.717) is 0 Å². The molecule has 0 spiro atoms. The van der Waals surface area contributed by atoms with Crippen molar-refractivity contribution < 1.29 is 19.0 Å². The van der Waals surface area contributed by atoms with Crippen LogP contribution in [0.1, 0.15) is 10.4 Å². The third-order valence-corrected chi connectivity index (χ3v) is 1.48. The molecule has 72 valence electrons. The smallest absolute Gasteiger partial charge is 0.339 e. The van der Waals surface area contributed by atoms with Crippen LogP contribution in [0.25, 0.3) is 0 Å². The SMILES string of the molecule is C#CCOc1ccc(F)cc1C(=O)O. The molecular formula is C10H7FO3. The largest absolute Gasteiger partial charge is 0.480 e. The second-order valence-electron chi connectivity index (χ2n) is 2.44. The highest BCUT2D eigenvalue weighted by Crippen LogP contribution is 2.19. The van der Waals surface area contributed by atoms with E-state index in [1.54, 1.807) is 0 Å². The maximum Gasteiger partial charge on any atom is 0.339 e. The van der Waals surface area contributed by atoms with Crippen LogP contribution in [0.2, 0.25) is 0 Å². The summed E-state index contributed by atoms with van der Waals surface area (Å²) in [5, 5.41) is 8.69. The number of halogens is 1. The molecule has 0 aliphatic heterocycles. The van der Waals surface area contributed by atoms with Crippen LogP contribution in [0.4, 0.5) is 4.39 Å². The zero-order chi connectivity index (χ0) is 10.6. The Morgan fingerprint density at radius 1 is 1.64 bits per heavy atom. The van der Waals surface area contributed by atoms with Crippen molar-refractivity contribution in [1.29, 1.82) is 0 Å². The molecule has 1 rings (SSSR count). The van der Waals surface area contributed by atoms with E-state index in [-0.39, 0.29) is 17.9 Å². The van der Waals surface area contributed by atoms with Crippen molar-refractivity contribution in [1.82, 2.24) is 0 Å². The topological polar surface area (TPSA) is 46.5 Å². The molecular weight excluding hydrogens is 187 g/mol. The minimum atomic E-state index is -1.25. The quantitative estimate of drug-likeness (QED) is 0.742. The molecule has 0 bridgehead atoms. The number of carboxylic acids is 1. The average Bonchev–Trinajstić information content (AvgIpc) is 2.15. The van der Waals surface area contributed by atoms with Crippen LogP contribution in [0.5, 0.6) is 5.75 Å². The predicted molar refractivity (Wildman–Crippen MR) is 47.7 cm³/mol. The first-order valence-electron chi connectivity index (χ1n) is 3.74. The number of rotatable bonds is 3. The van der Waals surface area contributed by atoms with Crippen molar-refractivity contribution in [2.75, 3.05) is 6.61 Å². The highest BCUT2D eigenvalue weighted by atomic mass is 19.1. The van der Waals surface area contributed by atoms with Crippen molar-refractivity contribution in [3.05, 3.63) is 29.6 Å². The Kier molecular flexibility index (Phi) is 3.08. The molecule has 1 N–H and O–H groups in total. The van der Waals surface area contributed by atoms with Gasteiger partial charge in [-0.15, -0.1) is 6.42 Å². The minimum absolute atomic E-state index is 0.0497. The highest BCUT2D eigenvalue weighted by molar-refractivity contribution is 5.90. The summed E-state index contributed by atoms with van der Waals surface area (Å²) in [6, 6.07) is 3.22. The Morgan fingerprint density at radius 3 is 2.93 bits per heavy atom. The summed E-state index contributed by atoms with van der Waals surface area (Å²) in [6.07, 6.45) is 4.94. The fourth-order valence-corrected chi connectivity index (χ4v) is 0.915. The van der Waals surface area contributed by atoms with Gasteiger partial charge in [0.25, 0.3) is 0 Å². The summed E-state index contributed by atoms with van der Waals surface area (Å²) in [7, 11) is 0. The summed E-state index contributed by atoms with van der Waals surface area (Å²) in [4.78, 5) is 10.6. The lowest BCUT2D eigenvalue weighted by Crippen LogP contribution is -2.03. The maximum absolute atomic E-state index is 12.7. The van der Waals surface area contributed by atoms with Crippen LogP contribution in [-0.4, -0.2) is 17.7 Å². The third kappa shape index (κ3) is 2.23. The van der Waals surface area contributed by atoms with E-state index in [0.717, 1.165) is 12.1 Å². The van der Waals surface area contributed by atoms with Gasteiger partial charge in [0.2, 0.25) is 0 Å². The Labute approximate surface area is 80.1 Å². The van der Waals surface area contributed by atoms with Crippen molar-refractivity contribution in [2.45, 2.75) is 0 Å².